The second-order valence-corrected chi connectivity index (χ2v) is 7.23. The van der Waals surface area contributed by atoms with E-state index in [-0.39, 0.29) is 5.41 Å². The van der Waals surface area contributed by atoms with E-state index in [1.165, 1.54) is 5.75 Å². The summed E-state index contributed by atoms with van der Waals surface area (Å²) in [6.45, 7) is 7.48. The molecule has 0 spiro atoms. The molecule has 0 atom stereocenters. The van der Waals surface area contributed by atoms with Crippen LogP contribution in [0, 0.1) is 0 Å². The molecule has 0 amide bonds. The number of hydrogen-bond donors (Lipinski definition) is 1. The molecule has 0 aromatic carbocycles. The van der Waals surface area contributed by atoms with Gasteiger partial charge in [-0.25, -0.2) is 9.50 Å². The predicted molar refractivity (Wildman–Crippen MR) is 81.1 cm³/mol. The third-order valence-electron chi connectivity index (χ3n) is 2.61. The number of aromatic nitrogens is 3. The zero-order chi connectivity index (χ0) is 13.2. The summed E-state index contributed by atoms with van der Waals surface area (Å²) in [5.74, 6) is 1.18. The SMILES string of the molecule is CSCCCNc1nn2cc(C(C)(C)C)nc2s1. The molecular weight excluding hydrogens is 264 g/mol. The molecule has 0 saturated carbocycles. The minimum absolute atomic E-state index is 0.0827. The van der Waals surface area contributed by atoms with Gasteiger partial charge in [0.1, 0.15) is 0 Å². The normalized spacial score (nSPS) is 12.2. The van der Waals surface area contributed by atoms with Gasteiger partial charge >= 0.3 is 0 Å². The molecule has 0 aliphatic carbocycles. The quantitative estimate of drug-likeness (QED) is 0.856. The van der Waals surface area contributed by atoms with Gasteiger partial charge in [-0.2, -0.15) is 11.8 Å². The summed E-state index contributed by atoms with van der Waals surface area (Å²) in [5, 5.41) is 8.80. The van der Waals surface area contributed by atoms with Crippen LogP contribution in [0.3, 0.4) is 0 Å². The summed E-state index contributed by atoms with van der Waals surface area (Å²) in [5.41, 5.74) is 1.18. The summed E-state index contributed by atoms with van der Waals surface area (Å²) >= 11 is 3.49. The lowest BCUT2D eigenvalue weighted by atomic mass is 9.93. The van der Waals surface area contributed by atoms with E-state index in [2.05, 4.69) is 42.4 Å². The van der Waals surface area contributed by atoms with Crippen molar-refractivity contribution >= 4 is 33.2 Å². The molecule has 0 fully saturated rings. The van der Waals surface area contributed by atoms with Crippen LogP contribution in [-0.2, 0) is 5.41 Å². The number of anilines is 1. The number of thioether (sulfide) groups is 1. The van der Waals surface area contributed by atoms with Gasteiger partial charge in [0.15, 0.2) is 0 Å². The van der Waals surface area contributed by atoms with E-state index in [1.54, 1.807) is 11.3 Å². The first-order chi connectivity index (χ1) is 8.50. The number of hydrogen-bond acceptors (Lipinski definition) is 5. The van der Waals surface area contributed by atoms with Crippen LogP contribution >= 0.6 is 23.1 Å². The Morgan fingerprint density at radius 1 is 1.44 bits per heavy atom. The highest BCUT2D eigenvalue weighted by molar-refractivity contribution is 7.98. The standard InChI is InChI=1S/C12H20N4S2/c1-12(2,3)9-8-16-11(14-9)18-10(15-16)13-6-5-7-17-4/h8H,5-7H2,1-4H3,(H,13,15). The predicted octanol–water partition coefficient (Wildman–Crippen LogP) is 3.25. The molecule has 0 bridgehead atoms. The van der Waals surface area contributed by atoms with Gasteiger partial charge in [0.05, 0.1) is 11.9 Å². The van der Waals surface area contributed by atoms with Crippen molar-refractivity contribution in [2.45, 2.75) is 32.6 Å². The highest BCUT2D eigenvalue weighted by Gasteiger charge is 2.19. The molecular formula is C12H20N4S2. The first-order valence-electron chi connectivity index (χ1n) is 6.10. The van der Waals surface area contributed by atoms with Gasteiger partial charge < -0.3 is 5.32 Å². The van der Waals surface area contributed by atoms with Crippen LogP contribution in [0.1, 0.15) is 32.9 Å². The molecule has 100 valence electrons. The molecule has 0 aliphatic heterocycles. The Hall–Kier alpha value is -0.750. The fraction of sp³-hybridized carbons (Fsp3) is 0.667. The average Bonchev–Trinajstić information content (AvgIpc) is 2.80. The summed E-state index contributed by atoms with van der Waals surface area (Å²) < 4.78 is 1.88. The second kappa shape index (κ2) is 5.48. The molecule has 2 heterocycles. The molecule has 0 unspecified atom stereocenters. The van der Waals surface area contributed by atoms with Gasteiger partial charge in [-0.1, -0.05) is 32.1 Å². The van der Waals surface area contributed by atoms with Crippen molar-refractivity contribution in [3.05, 3.63) is 11.9 Å². The molecule has 1 N–H and O–H groups in total. The summed E-state index contributed by atoms with van der Waals surface area (Å²) in [6.07, 6.45) is 5.32. The van der Waals surface area contributed by atoms with Crippen LogP contribution in [0.15, 0.2) is 6.20 Å². The third-order valence-corrected chi connectivity index (χ3v) is 4.19. The number of fused-ring (bicyclic) bond motifs is 1. The summed E-state index contributed by atoms with van der Waals surface area (Å²) in [4.78, 5) is 5.59. The minimum atomic E-state index is 0.0827. The van der Waals surface area contributed by atoms with E-state index < -0.39 is 0 Å². The van der Waals surface area contributed by atoms with Crippen molar-refractivity contribution < 1.29 is 0 Å². The van der Waals surface area contributed by atoms with Crippen LogP contribution in [0.2, 0.25) is 0 Å². The first kappa shape index (κ1) is 13.7. The van der Waals surface area contributed by atoms with Crippen molar-refractivity contribution in [2.75, 3.05) is 23.9 Å². The van der Waals surface area contributed by atoms with Gasteiger partial charge in [0, 0.05) is 12.0 Å². The fourth-order valence-corrected chi connectivity index (χ4v) is 2.78. The monoisotopic (exact) mass is 284 g/mol. The average molecular weight is 284 g/mol. The van der Waals surface area contributed by atoms with Gasteiger partial charge in [0.25, 0.3) is 0 Å². The van der Waals surface area contributed by atoms with Gasteiger partial charge in [0.2, 0.25) is 10.1 Å². The maximum absolute atomic E-state index is 4.62. The lowest BCUT2D eigenvalue weighted by Crippen LogP contribution is -2.11. The van der Waals surface area contributed by atoms with Crippen molar-refractivity contribution in [3.63, 3.8) is 0 Å². The maximum atomic E-state index is 4.62. The number of nitrogens with zero attached hydrogens (tertiary/aromatic N) is 3. The molecule has 0 radical (unpaired) electrons. The Kier molecular flexibility index (Phi) is 4.17. The summed E-state index contributed by atoms with van der Waals surface area (Å²) in [6, 6.07) is 0. The topological polar surface area (TPSA) is 42.2 Å². The number of rotatable bonds is 5. The minimum Gasteiger partial charge on any atom is -0.360 e. The smallest absolute Gasteiger partial charge is 0.214 e. The van der Waals surface area contributed by atoms with E-state index >= 15 is 0 Å². The Balaban J connectivity index is 2.03. The van der Waals surface area contributed by atoms with Crippen LogP contribution in [-0.4, -0.2) is 33.2 Å². The Morgan fingerprint density at radius 2 is 2.22 bits per heavy atom. The summed E-state index contributed by atoms with van der Waals surface area (Å²) in [7, 11) is 0. The largest absolute Gasteiger partial charge is 0.360 e. The lowest BCUT2D eigenvalue weighted by Gasteiger charge is -2.13. The third kappa shape index (κ3) is 3.17. The molecule has 6 heteroatoms. The second-order valence-electron chi connectivity index (χ2n) is 5.28. The molecule has 2 aromatic heterocycles. The van der Waals surface area contributed by atoms with Crippen LogP contribution < -0.4 is 5.32 Å². The molecule has 0 saturated heterocycles. The van der Waals surface area contributed by atoms with Crippen LogP contribution in [0.25, 0.3) is 4.96 Å². The van der Waals surface area contributed by atoms with Gasteiger partial charge in [-0.3, -0.25) is 0 Å². The zero-order valence-electron chi connectivity index (χ0n) is 11.4. The molecule has 0 aliphatic rings. The van der Waals surface area contributed by atoms with E-state index in [9.17, 15) is 0 Å². The van der Waals surface area contributed by atoms with Gasteiger partial charge in [-0.05, 0) is 18.4 Å². The van der Waals surface area contributed by atoms with E-state index in [0.29, 0.717) is 0 Å². The van der Waals surface area contributed by atoms with Crippen LogP contribution in [0.5, 0.6) is 0 Å². The fourth-order valence-electron chi connectivity index (χ4n) is 1.54. The van der Waals surface area contributed by atoms with E-state index in [0.717, 1.165) is 28.8 Å². The Bertz CT molecular complexity index is 478. The Morgan fingerprint density at radius 3 is 2.83 bits per heavy atom. The van der Waals surface area contributed by atoms with Crippen molar-refractivity contribution in [3.8, 4) is 0 Å². The highest BCUT2D eigenvalue weighted by atomic mass is 32.2. The van der Waals surface area contributed by atoms with E-state index in [4.69, 9.17) is 0 Å². The first-order valence-corrected chi connectivity index (χ1v) is 8.31. The number of nitrogens with one attached hydrogen (secondary N) is 1. The maximum Gasteiger partial charge on any atom is 0.214 e. The lowest BCUT2D eigenvalue weighted by molar-refractivity contribution is 0.572. The van der Waals surface area contributed by atoms with Crippen LogP contribution in [0.4, 0.5) is 5.13 Å². The van der Waals surface area contributed by atoms with Crippen molar-refractivity contribution in [1.82, 2.24) is 14.6 Å². The molecule has 18 heavy (non-hydrogen) atoms. The highest BCUT2D eigenvalue weighted by Crippen LogP contribution is 2.25. The molecule has 4 nitrogen and oxygen atoms in total. The number of imidazole rings is 1. The van der Waals surface area contributed by atoms with E-state index in [1.807, 2.05) is 22.5 Å². The molecule has 2 aromatic rings. The van der Waals surface area contributed by atoms with Crippen molar-refractivity contribution in [1.29, 1.82) is 0 Å². The Labute approximate surface area is 116 Å². The zero-order valence-corrected chi connectivity index (χ0v) is 13.0. The van der Waals surface area contributed by atoms with Crippen molar-refractivity contribution in [2.24, 2.45) is 0 Å². The van der Waals surface area contributed by atoms with Gasteiger partial charge in [-0.15, -0.1) is 5.10 Å². The molecule has 2 rings (SSSR count).